The Morgan fingerprint density at radius 2 is 2.10 bits per heavy atom. The molecule has 0 bridgehead atoms. The third-order valence-corrected chi connectivity index (χ3v) is 4.01. The average molecular weight is 283 g/mol. The predicted molar refractivity (Wildman–Crippen MR) is 86.5 cm³/mol. The number of nitrogens with two attached hydrogens (primary N) is 1. The van der Waals surface area contributed by atoms with Gasteiger partial charge in [-0.15, -0.1) is 0 Å². The third-order valence-electron chi connectivity index (χ3n) is 4.01. The third kappa shape index (κ3) is 3.10. The van der Waals surface area contributed by atoms with Crippen molar-refractivity contribution in [3.8, 4) is 0 Å². The number of rotatable bonds is 3. The summed E-state index contributed by atoms with van der Waals surface area (Å²) in [6.45, 7) is 6.02. The number of nitrogens with zero attached hydrogens (tertiary/aromatic N) is 1. The zero-order chi connectivity index (χ0) is 14.8. The van der Waals surface area contributed by atoms with Crippen LogP contribution >= 0.6 is 0 Å². The minimum Gasteiger partial charge on any atom is -0.461 e. The maximum atomic E-state index is 5.98. The van der Waals surface area contributed by atoms with Gasteiger partial charge in [-0.2, -0.15) is 0 Å². The molecule has 4 nitrogen and oxygen atoms in total. The molecule has 1 aromatic heterocycles. The highest BCUT2D eigenvalue weighted by Crippen LogP contribution is 2.29. The predicted octanol–water partition coefficient (Wildman–Crippen LogP) is 3.98. The van der Waals surface area contributed by atoms with E-state index in [0.717, 1.165) is 28.1 Å². The number of aryl methyl sites for hydroxylation is 1. The molecular weight excluding hydrogens is 262 g/mol. The highest BCUT2D eigenvalue weighted by atomic mass is 16.3. The van der Waals surface area contributed by atoms with Crippen molar-refractivity contribution >= 4 is 22.6 Å². The Morgan fingerprint density at radius 3 is 2.86 bits per heavy atom. The van der Waals surface area contributed by atoms with Crippen molar-refractivity contribution in [3.05, 3.63) is 42.3 Å². The molecule has 0 unspecified atom stereocenters. The van der Waals surface area contributed by atoms with Gasteiger partial charge in [0.2, 0.25) is 0 Å². The molecule has 0 saturated heterocycles. The molecule has 110 valence electrons. The number of nitrogens with one attached hydrogen (secondary N) is 1. The van der Waals surface area contributed by atoms with E-state index in [1.165, 1.54) is 25.7 Å². The maximum absolute atomic E-state index is 5.98. The molecule has 3 N–H and O–H groups in total. The molecule has 4 heteroatoms. The van der Waals surface area contributed by atoms with Crippen LogP contribution < -0.4 is 11.1 Å². The Morgan fingerprint density at radius 1 is 1.33 bits per heavy atom. The minimum absolute atomic E-state index is 0.395. The molecule has 0 radical (unpaired) electrons. The van der Waals surface area contributed by atoms with Gasteiger partial charge in [0.05, 0.1) is 5.69 Å². The number of fused-ring (bicyclic) bond motifs is 1. The molecule has 0 spiro atoms. The summed E-state index contributed by atoms with van der Waals surface area (Å²) < 4.78 is 5.55. The molecule has 1 aromatic carbocycles. The Labute approximate surface area is 124 Å². The molecule has 0 atom stereocenters. The van der Waals surface area contributed by atoms with E-state index in [0.29, 0.717) is 11.9 Å². The van der Waals surface area contributed by atoms with Crippen LogP contribution in [0.4, 0.5) is 5.69 Å². The van der Waals surface area contributed by atoms with Crippen LogP contribution in [-0.2, 0) is 0 Å². The molecular formula is C17H21N3O. The van der Waals surface area contributed by atoms with E-state index in [2.05, 4.69) is 16.9 Å². The molecule has 1 saturated carbocycles. The maximum Gasteiger partial charge on any atom is 0.198 e. The molecule has 0 aliphatic heterocycles. The van der Waals surface area contributed by atoms with Gasteiger partial charge in [0.15, 0.2) is 5.96 Å². The van der Waals surface area contributed by atoms with Gasteiger partial charge in [0.25, 0.3) is 0 Å². The quantitative estimate of drug-likeness (QED) is 0.661. The molecule has 1 aliphatic rings. The first-order valence-corrected chi connectivity index (χ1v) is 7.42. The molecule has 3 rings (SSSR count). The summed E-state index contributed by atoms with van der Waals surface area (Å²) in [5.74, 6) is 1.82. The van der Waals surface area contributed by atoms with Gasteiger partial charge in [0.1, 0.15) is 11.3 Å². The molecule has 21 heavy (non-hydrogen) atoms. The van der Waals surface area contributed by atoms with Crippen molar-refractivity contribution in [2.24, 2.45) is 16.6 Å². The number of allylic oxidation sites excluding steroid dienone is 1. The lowest BCUT2D eigenvalue weighted by Crippen LogP contribution is -2.32. The summed E-state index contributed by atoms with van der Waals surface area (Å²) in [5.41, 5.74) is 8.64. The molecule has 1 heterocycles. The number of guanidine groups is 1. The Kier molecular flexibility index (Phi) is 3.69. The van der Waals surface area contributed by atoms with E-state index in [-0.39, 0.29) is 0 Å². The lowest BCUT2D eigenvalue weighted by atomic mass is 10.1. The van der Waals surface area contributed by atoms with Gasteiger partial charge in [0, 0.05) is 11.1 Å². The summed E-state index contributed by atoms with van der Waals surface area (Å²) >= 11 is 0. The van der Waals surface area contributed by atoms with Crippen LogP contribution in [0.15, 0.2) is 46.0 Å². The Bertz CT molecular complexity index is 693. The largest absolute Gasteiger partial charge is 0.461 e. The number of hydrogen-bond acceptors (Lipinski definition) is 2. The minimum atomic E-state index is 0.395. The van der Waals surface area contributed by atoms with Gasteiger partial charge in [-0.1, -0.05) is 19.4 Å². The fraction of sp³-hybridized carbons (Fsp3) is 0.353. The van der Waals surface area contributed by atoms with E-state index < -0.39 is 0 Å². The Hall–Kier alpha value is -2.23. The second-order valence-corrected chi connectivity index (χ2v) is 5.71. The number of benzene rings is 1. The van der Waals surface area contributed by atoms with Gasteiger partial charge in [-0.3, -0.25) is 0 Å². The Balaban J connectivity index is 1.73. The fourth-order valence-corrected chi connectivity index (χ4v) is 2.94. The zero-order valence-corrected chi connectivity index (χ0v) is 12.4. The zero-order valence-electron chi connectivity index (χ0n) is 12.4. The molecule has 0 amide bonds. The second-order valence-electron chi connectivity index (χ2n) is 5.71. The van der Waals surface area contributed by atoms with Crippen molar-refractivity contribution < 1.29 is 4.42 Å². The van der Waals surface area contributed by atoms with Crippen molar-refractivity contribution in [1.29, 1.82) is 0 Å². The van der Waals surface area contributed by atoms with E-state index in [1.54, 1.807) is 0 Å². The van der Waals surface area contributed by atoms with Crippen LogP contribution in [0.3, 0.4) is 0 Å². The molecule has 1 fully saturated rings. The molecule has 2 aromatic rings. The summed E-state index contributed by atoms with van der Waals surface area (Å²) in [7, 11) is 0. The first kappa shape index (κ1) is 13.7. The van der Waals surface area contributed by atoms with Crippen molar-refractivity contribution in [3.63, 3.8) is 0 Å². The van der Waals surface area contributed by atoms with Crippen LogP contribution in [-0.4, -0.2) is 5.96 Å². The normalized spacial score (nSPS) is 16.5. The monoisotopic (exact) mass is 283 g/mol. The van der Waals surface area contributed by atoms with E-state index in [1.807, 2.05) is 31.2 Å². The topological polar surface area (TPSA) is 63.5 Å². The highest BCUT2D eigenvalue weighted by Gasteiger charge is 2.18. The van der Waals surface area contributed by atoms with Crippen LogP contribution in [0.1, 0.15) is 31.4 Å². The van der Waals surface area contributed by atoms with Crippen molar-refractivity contribution in [1.82, 2.24) is 5.32 Å². The fourth-order valence-electron chi connectivity index (χ4n) is 2.94. The smallest absolute Gasteiger partial charge is 0.198 e. The van der Waals surface area contributed by atoms with Crippen LogP contribution in [0.2, 0.25) is 0 Å². The first-order chi connectivity index (χ1) is 10.1. The second kappa shape index (κ2) is 5.64. The van der Waals surface area contributed by atoms with Gasteiger partial charge in [-0.05, 0) is 49.9 Å². The van der Waals surface area contributed by atoms with E-state index >= 15 is 0 Å². The van der Waals surface area contributed by atoms with Crippen molar-refractivity contribution in [2.45, 2.75) is 32.6 Å². The number of aliphatic imine (C=N–C) groups is 1. The number of hydrogen-bond donors (Lipinski definition) is 2. The van der Waals surface area contributed by atoms with E-state index in [9.17, 15) is 0 Å². The van der Waals surface area contributed by atoms with E-state index in [4.69, 9.17) is 10.2 Å². The van der Waals surface area contributed by atoms with Crippen molar-refractivity contribution in [2.75, 3.05) is 0 Å². The first-order valence-electron chi connectivity index (χ1n) is 7.42. The summed E-state index contributed by atoms with van der Waals surface area (Å²) in [6, 6.07) is 7.78. The lowest BCUT2D eigenvalue weighted by Gasteiger charge is -2.14. The van der Waals surface area contributed by atoms with Crippen LogP contribution in [0, 0.1) is 12.8 Å². The van der Waals surface area contributed by atoms with Gasteiger partial charge >= 0.3 is 0 Å². The summed E-state index contributed by atoms with van der Waals surface area (Å²) in [4.78, 5) is 4.41. The van der Waals surface area contributed by atoms with Crippen LogP contribution in [0.25, 0.3) is 11.0 Å². The summed E-state index contributed by atoms with van der Waals surface area (Å²) in [5, 5.41) is 4.17. The molecule has 1 aliphatic carbocycles. The summed E-state index contributed by atoms with van der Waals surface area (Å²) in [6.07, 6.45) is 4.94. The van der Waals surface area contributed by atoms with Gasteiger partial charge < -0.3 is 15.5 Å². The standard InChI is InChI=1S/C17H21N3O/c1-11-9-14-10-15(7-8-16(14)21-11)20-17(18)19-12(2)13-5-3-4-6-13/h7-10,13H,2-6H2,1H3,(H3,18,19,20). The van der Waals surface area contributed by atoms with Gasteiger partial charge in [-0.25, -0.2) is 4.99 Å². The number of furan rings is 1. The highest BCUT2D eigenvalue weighted by molar-refractivity contribution is 5.86. The van der Waals surface area contributed by atoms with Crippen LogP contribution in [0.5, 0.6) is 0 Å². The average Bonchev–Trinajstić information content (AvgIpc) is 3.05. The lowest BCUT2D eigenvalue weighted by molar-refractivity contribution is 0.578. The SMILES string of the molecule is C=C(NC(N)=Nc1ccc2oc(C)cc2c1)C1CCCC1.